The fourth-order valence-electron chi connectivity index (χ4n) is 0.986. The number of alkyl halides is 2. The molecule has 3 nitrogen and oxygen atoms in total. The lowest BCUT2D eigenvalue weighted by atomic mass is 10.2. The van der Waals surface area contributed by atoms with Crippen molar-refractivity contribution in [3.63, 3.8) is 0 Å². The predicted molar refractivity (Wildman–Crippen MR) is 51.7 cm³/mol. The van der Waals surface area contributed by atoms with Crippen molar-refractivity contribution in [1.29, 1.82) is 0 Å². The second kappa shape index (κ2) is 4.97. The number of hydrogen-bond donors (Lipinski definition) is 1. The van der Waals surface area contributed by atoms with Gasteiger partial charge in [-0.15, -0.1) is 12.6 Å². The Kier molecular flexibility index (Phi) is 3.90. The quantitative estimate of drug-likeness (QED) is 0.644. The second-order valence-corrected chi connectivity index (χ2v) is 3.07. The molecule has 0 fully saturated rings. The molecule has 0 spiro atoms. The molecule has 0 radical (unpaired) electrons. The Bertz CT molecular complexity index is 368. The van der Waals surface area contributed by atoms with Crippen LogP contribution in [0.2, 0.25) is 0 Å². The maximum Gasteiger partial charge on any atom is 0.387 e. The van der Waals surface area contributed by atoms with Crippen LogP contribution in [0.4, 0.5) is 8.78 Å². The van der Waals surface area contributed by atoms with E-state index >= 15 is 0 Å². The number of carbonyl (C=O) groups excluding carboxylic acids is 1. The second-order valence-electron chi connectivity index (χ2n) is 2.55. The van der Waals surface area contributed by atoms with E-state index in [2.05, 4.69) is 22.1 Å². The van der Waals surface area contributed by atoms with E-state index in [-0.39, 0.29) is 11.3 Å². The summed E-state index contributed by atoms with van der Waals surface area (Å²) >= 11 is 3.97. The molecule has 0 unspecified atom stereocenters. The number of carbonyl (C=O) groups is 1. The van der Waals surface area contributed by atoms with E-state index in [1.807, 2.05) is 0 Å². The van der Waals surface area contributed by atoms with Gasteiger partial charge in [0.2, 0.25) is 0 Å². The van der Waals surface area contributed by atoms with Gasteiger partial charge >= 0.3 is 12.6 Å². The van der Waals surface area contributed by atoms with Gasteiger partial charge in [-0.05, 0) is 18.2 Å². The summed E-state index contributed by atoms with van der Waals surface area (Å²) in [4.78, 5) is 11.6. The van der Waals surface area contributed by atoms with Crippen molar-refractivity contribution in [2.75, 3.05) is 7.11 Å². The summed E-state index contributed by atoms with van der Waals surface area (Å²) in [5, 5.41) is 0. The fraction of sp³-hybridized carbons (Fsp3) is 0.222. The Hall–Kier alpha value is -1.30. The molecule has 0 aliphatic carbocycles. The van der Waals surface area contributed by atoms with Crippen LogP contribution < -0.4 is 4.74 Å². The van der Waals surface area contributed by atoms with Crippen LogP contribution in [0.15, 0.2) is 23.1 Å². The van der Waals surface area contributed by atoms with Crippen LogP contribution in [0.3, 0.4) is 0 Å². The van der Waals surface area contributed by atoms with Crippen molar-refractivity contribution in [2.24, 2.45) is 0 Å². The third kappa shape index (κ3) is 3.09. The topological polar surface area (TPSA) is 35.5 Å². The van der Waals surface area contributed by atoms with Gasteiger partial charge in [0.15, 0.2) is 0 Å². The van der Waals surface area contributed by atoms with Crippen molar-refractivity contribution in [3.05, 3.63) is 23.8 Å². The maximum atomic E-state index is 12.0. The van der Waals surface area contributed by atoms with Crippen LogP contribution in [-0.4, -0.2) is 19.7 Å². The van der Waals surface area contributed by atoms with Crippen LogP contribution in [0.1, 0.15) is 10.4 Å². The van der Waals surface area contributed by atoms with Crippen LogP contribution in [0.5, 0.6) is 5.75 Å². The minimum Gasteiger partial charge on any atom is -0.465 e. The number of rotatable bonds is 3. The van der Waals surface area contributed by atoms with Gasteiger partial charge in [0.25, 0.3) is 0 Å². The molecule has 1 aromatic rings. The molecule has 0 aliphatic rings. The molecule has 0 atom stereocenters. The molecule has 0 aromatic heterocycles. The number of esters is 1. The monoisotopic (exact) mass is 234 g/mol. The summed E-state index contributed by atoms with van der Waals surface area (Å²) in [6.07, 6.45) is 0. The normalized spacial score (nSPS) is 10.2. The summed E-state index contributed by atoms with van der Waals surface area (Å²) in [7, 11) is 1.15. The zero-order valence-corrected chi connectivity index (χ0v) is 8.63. The molecular weight excluding hydrogens is 226 g/mol. The molecule has 6 heteroatoms. The smallest absolute Gasteiger partial charge is 0.387 e. The lowest BCUT2D eigenvalue weighted by Crippen LogP contribution is -2.09. The van der Waals surface area contributed by atoms with Crippen molar-refractivity contribution in [2.45, 2.75) is 11.5 Å². The van der Waals surface area contributed by atoms with E-state index in [1.165, 1.54) is 18.2 Å². The van der Waals surface area contributed by atoms with Gasteiger partial charge in [-0.3, -0.25) is 0 Å². The minimum absolute atomic E-state index is 0.0784. The zero-order valence-electron chi connectivity index (χ0n) is 7.74. The Morgan fingerprint density at radius 3 is 2.67 bits per heavy atom. The Labute approximate surface area is 90.4 Å². The van der Waals surface area contributed by atoms with E-state index in [9.17, 15) is 13.6 Å². The van der Waals surface area contributed by atoms with Crippen LogP contribution >= 0.6 is 12.6 Å². The van der Waals surface area contributed by atoms with Gasteiger partial charge in [-0.1, -0.05) is 0 Å². The zero-order chi connectivity index (χ0) is 11.4. The predicted octanol–water partition coefficient (Wildman–Crippen LogP) is 2.36. The first-order valence-electron chi connectivity index (χ1n) is 3.90. The molecule has 0 N–H and O–H groups in total. The van der Waals surface area contributed by atoms with Gasteiger partial charge < -0.3 is 9.47 Å². The number of ether oxygens (including phenoxy) is 2. The highest BCUT2D eigenvalue weighted by molar-refractivity contribution is 7.80. The molecule has 0 heterocycles. The number of hydrogen-bond acceptors (Lipinski definition) is 4. The molecule has 0 amide bonds. The number of thiol groups is 1. The molecule has 0 bridgehead atoms. The van der Waals surface area contributed by atoms with Gasteiger partial charge in [-0.25, -0.2) is 4.79 Å². The van der Waals surface area contributed by atoms with E-state index in [1.54, 1.807) is 0 Å². The van der Waals surface area contributed by atoms with E-state index in [0.29, 0.717) is 4.90 Å². The molecule has 0 aliphatic heterocycles. The Morgan fingerprint density at radius 1 is 1.47 bits per heavy atom. The van der Waals surface area contributed by atoms with Gasteiger partial charge in [0, 0.05) is 4.90 Å². The first-order chi connectivity index (χ1) is 7.04. The summed E-state index contributed by atoms with van der Waals surface area (Å²) in [6, 6.07) is 3.97. The highest BCUT2D eigenvalue weighted by Gasteiger charge is 2.16. The number of benzene rings is 1. The van der Waals surface area contributed by atoms with Crippen molar-refractivity contribution < 1.29 is 23.0 Å². The van der Waals surface area contributed by atoms with Crippen LogP contribution in [-0.2, 0) is 4.74 Å². The molecular formula is C9H8F2O3S. The molecule has 1 aromatic carbocycles. The Balaban J connectivity index is 3.08. The van der Waals surface area contributed by atoms with Crippen LogP contribution in [0, 0.1) is 0 Å². The third-order valence-corrected chi connectivity index (χ3v) is 1.86. The molecule has 82 valence electrons. The SMILES string of the molecule is COC(=O)c1cc(S)ccc1OC(F)F. The average molecular weight is 234 g/mol. The van der Waals surface area contributed by atoms with Crippen molar-refractivity contribution >= 4 is 18.6 Å². The van der Waals surface area contributed by atoms with E-state index in [4.69, 9.17) is 0 Å². The maximum absolute atomic E-state index is 12.0. The van der Waals surface area contributed by atoms with Gasteiger partial charge in [-0.2, -0.15) is 8.78 Å². The van der Waals surface area contributed by atoms with E-state index < -0.39 is 12.6 Å². The Morgan fingerprint density at radius 2 is 2.13 bits per heavy atom. The fourth-order valence-corrected chi connectivity index (χ4v) is 1.19. The van der Waals surface area contributed by atoms with Gasteiger partial charge in [0.1, 0.15) is 11.3 Å². The minimum atomic E-state index is -2.99. The van der Waals surface area contributed by atoms with E-state index in [0.717, 1.165) is 7.11 Å². The van der Waals surface area contributed by atoms with Gasteiger partial charge in [0.05, 0.1) is 7.11 Å². The highest BCUT2D eigenvalue weighted by atomic mass is 32.1. The number of halogens is 2. The molecule has 0 saturated heterocycles. The highest BCUT2D eigenvalue weighted by Crippen LogP contribution is 2.24. The first-order valence-corrected chi connectivity index (χ1v) is 4.35. The summed E-state index contributed by atoms with van der Waals surface area (Å²) in [6.45, 7) is -2.99. The first kappa shape index (κ1) is 11.8. The van der Waals surface area contributed by atoms with Crippen molar-refractivity contribution in [3.8, 4) is 5.75 Å². The van der Waals surface area contributed by atoms with Crippen LogP contribution in [0.25, 0.3) is 0 Å². The molecule has 0 saturated carbocycles. The van der Waals surface area contributed by atoms with Crippen molar-refractivity contribution in [1.82, 2.24) is 0 Å². The molecule has 1 rings (SSSR count). The standard InChI is InChI=1S/C9H8F2O3S/c1-13-8(12)6-4-5(15)2-3-7(6)14-9(10)11/h2-4,9,15H,1H3. The molecule has 15 heavy (non-hydrogen) atoms. The summed E-state index contributed by atoms with van der Waals surface area (Å²) in [5.41, 5.74) is -0.0784. The third-order valence-electron chi connectivity index (χ3n) is 1.58. The lowest BCUT2D eigenvalue weighted by Gasteiger charge is -2.09. The lowest BCUT2D eigenvalue weighted by molar-refractivity contribution is -0.0504. The summed E-state index contributed by atoms with van der Waals surface area (Å²) < 4.78 is 32.5. The average Bonchev–Trinajstić information content (AvgIpc) is 2.19. The number of methoxy groups -OCH3 is 1. The largest absolute Gasteiger partial charge is 0.465 e. The summed E-state index contributed by atoms with van der Waals surface area (Å²) in [5.74, 6) is -0.976.